The van der Waals surface area contributed by atoms with Crippen molar-refractivity contribution in [1.29, 1.82) is 0 Å². The van der Waals surface area contributed by atoms with Crippen molar-refractivity contribution >= 4 is 11.6 Å². The molecule has 0 radical (unpaired) electrons. The van der Waals surface area contributed by atoms with Crippen LogP contribution in [0.1, 0.15) is 13.3 Å². The van der Waals surface area contributed by atoms with Crippen molar-refractivity contribution in [2.24, 2.45) is 5.73 Å². The molecule has 0 spiro atoms. The van der Waals surface area contributed by atoms with Crippen LogP contribution in [0.2, 0.25) is 0 Å². The highest BCUT2D eigenvalue weighted by atomic mass is 16.7. The summed E-state index contributed by atoms with van der Waals surface area (Å²) in [6, 6.07) is 0. The zero-order valence-electron chi connectivity index (χ0n) is 7.75. The lowest BCUT2D eigenvalue weighted by Gasteiger charge is -2.02. The highest BCUT2D eigenvalue weighted by Gasteiger charge is 1.99. The Morgan fingerprint density at radius 3 is 2.15 bits per heavy atom. The van der Waals surface area contributed by atoms with Gasteiger partial charge in [-0.05, 0) is 0 Å². The molecule has 0 saturated carbocycles. The van der Waals surface area contributed by atoms with Crippen LogP contribution < -0.4 is 5.73 Å². The number of ether oxygens (including phenoxy) is 2. The Bertz CT molecular complexity index is 152. The van der Waals surface area contributed by atoms with Gasteiger partial charge in [0, 0.05) is 6.42 Å². The van der Waals surface area contributed by atoms with Crippen molar-refractivity contribution in [3.8, 4) is 0 Å². The molecule has 0 fully saturated rings. The van der Waals surface area contributed by atoms with E-state index < -0.39 is 0 Å². The summed E-state index contributed by atoms with van der Waals surface area (Å²) in [6.45, 7) is 1.65. The summed E-state index contributed by atoms with van der Waals surface area (Å²) < 4.78 is 9.59. The zero-order valence-corrected chi connectivity index (χ0v) is 7.75. The van der Waals surface area contributed by atoms with E-state index in [1.165, 1.54) is 0 Å². The molecule has 0 aromatic carbocycles. The maximum Gasteiger partial charge on any atom is 0.172 e. The molecule has 0 amide bonds. The molecule has 2 N–H and O–H groups in total. The van der Waals surface area contributed by atoms with Gasteiger partial charge in [0.25, 0.3) is 0 Å². The Hall–Kier alpha value is -0.780. The number of ketones is 2. The van der Waals surface area contributed by atoms with E-state index in [-0.39, 0.29) is 38.1 Å². The first-order chi connectivity index (χ1) is 6.20. The van der Waals surface area contributed by atoms with Crippen LogP contribution >= 0.6 is 0 Å². The summed E-state index contributed by atoms with van der Waals surface area (Å²) in [4.78, 5) is 21.3. The van der Waals surface area contributed by atoms with Crippen LogP contribution in [-0.2, 0) is 19.1 Å². The van der Waals surface area contributed by atoms with Gasteiger partial charge in [0.15, 0.2) is 11.6 Å². The van der Waals surface area contributed by atoms with E-state index in [2.05, 4.69) is 0 Å². The Morgan fingerprint density at radius 2 is 1.69 bits per heavy atom. The van der Waals surface area contributed by atoms with Gasteiger partial charge >= 0.3 is 0 Å². The summed E-state index contributed by atoms with van der Waals surface area (Å²) in [6.07, 6.45) is 0.446. The van der Waals surface area contributed by atoms with Gasteiger partial charge in [-0.2, -0.15) is 0 Å². The number of nitrogens with two attached hydrogens (primary N) is 1. The van der Waals surface area contributed by atoms with E-state index in [4.69, 9.17) is 15.2 Å². The van der Waals surface area contributed by atoms with Gasteiger partial charge in [0.2, 0.25) is 0 Å². The third kappa shape index (κ3) is 7.58. The molecular formula is C8H15NO4. The first-order valence-corrected chi connectivity index (χ1v) is 4.09. The van der Waals surface area contributed by atoms with E-state index in [9.17, 15) is 9.59 Å². The quantitative estimate of drug-likeness (QED) is 0.410. The summed E-state index contributed by atoms with van der Waals surface area (Å²) in [5.74, 6) is -0.181. The monoisotopic (exact) mass is 189 g/mol. The van der Waals surface area contributed by atoms with Crippen molar-refractivity contribution in [2.45, 2.75) is 13.3 Å². The number of Topliss-reactive ketones (excluding diaryl/α,β-unsaturated/α-hetero) is 2. The molecule has 76 valence electrons. The number of rotatable bonds is 8. The number of carbonyl (C=O) groups excluding carboxylic acids is 2. The molecule has 5 heteroatoms. The predicted molar refractivity (Wildman–Crippen MR) is 46.1 cm³/mol. The van der Waals surface area contributed by atoms with E-state index in [0.717, 1.165) is 0 Å². The lowest BCUT2D eigenvalue weighted by Crippen LogP contribution is -2.20. The fraction of sp³-hybridized carbons (Fsp3) is 0.750. The van der Waals surface area contributed by atoms with Gasteiger partial charge in [-0.1, -0.05) is 6.92 Å². The van der Waals surface area contributed by atoms with Crippen molar-refractivity contribution in [1.82, 2.24) is 0 Å². The average Bonchev–Trinajstić information content (AvgIpc) is 2.16. The third-order valence-corrected chi connectivity index (χ3v) is 1.31. The maximum atomic E-state index is 10.7. The molecule has 0 aliphatic carbocycles. The van der Waals surface area contributed by atoms with E-state index in [1.807, 2.05) is 0 Å². The molecule has 0 aliphatic heterocycles. The van der Waals surface area contributed by atoms with Gasteiger partial charge in [0.1, 0.15) is 20.0 Å². The lowest BCUT2D eigenvalue weighted by molar-refractivity contribution is -0.134. The number of carbonyl (C=O) groups is 2. The molecule has 5 nitrogen and oxygen atoms in total. The van der Waals surface area contributed by atoms with Crippen LogP contribution in [0.15, 0.2) is 0 Å². The van der Waals surface area contributed by atoms with Crippen LogP contribution in [0.3, 0.4) is 0 Å². The Labute approximate surface area is 77.2 Å². The third-order valence-electron chi connectivity index (χ3n) is 1.31. The van der Waals surface area contributed by atoms with Gasteiger partial charge in [-0.3, -0.25) is 9.59 Å². The van der Waals surface area contributed by atoms with Crippen molar-refractivity contribution in [2.75, 3.05) is 26.6 Å². The minimum Gasteiger partial charge on any atom is -0.348 e. The molecule has 0 rings (SSSR count). The molecule has 0 saturated heterocycles. The van der Waals surface area contributed by atoms with Gasteiger partial charge in [0.05, 0.1) is 6.54 Å². The number of hydrogen-bond donors (Lipinski definition) is 1. The summed E-state index contributed by atoms with van der Waals surface area (Å²) in [5, 5.41) is 0. The summed E-state index contributed by atoms with van der Waals surface area (Å²) in [5.41, 5.74) is 5.03. The molecule has 0 heterocycles. The average molecular weight is 189 g/mol. The fourth-order valence-electron chi connectivity index (χ4n) is 0.531. The molecule has 0 unspecified atom stereocenters. The summed E-state index contributed by atoms with van der Waals surface area (Å²) in [7, 11) is 0. The minimum atomic E-state index is -0.189. The van der Waals surface area contributed by atoms with Crippen molar-refractivity contribution < 1.29 is 19.1 Å². The van der Waals surface area contributed by atoms with Crippen molar-refractivity contribution in [3.05, 3.63) is 0 Å². The Morgan fingerprint density at radius 1 is 1.15 bits per heavy atom. The highest BCUT2D eigenvalue weighted by molar-refractivity contribution is 5.81. The SMILES string of the molecule is CCC(=O)COCOCC(=O)CN. The largest absolute Gasteiger partial charge is 0.348 e. The van der Waals surface area contributed by atoms with E-state index in [1.54, 1.807) is 6.92 Å². The van der Waals surface area contributed by atoms with Crippen LogP contribution in [0, 0.1) is 0 Å². The Kier molecular flexibility index (Phi) is 7.38. The second kappa shape index (κ2) is 7.85. The normalized spacial score (nSPS) is 10.0. The molecule has 0 aromatic heterocycles. The topological polar surface area (TPSA) is 78.6 Å². The second-order valence-corrected chi connectivity index (χ2v) is 2.45. The van der Waals surface area contributed by atoms with Crippen LogP contribution in [0.5, 0.6) is 0 Å². The molecule has 13 heavy (non-hydrogen) atoms. The first kappa shape index (κ1) is 12.2. The highest BCUT2D eigenvalue weighted by Crippen LogP contribution is 1.84. The number of hydrogen-bond acceptors (Lipinski definition) is 5. The molecule has 0 aliphatic rings. The Balaban J connectivity index is 3.17. The van der Waals surface area contributed by atoms with Gasteiger partial charge in [-0.25, -0.2) is 0 Å². The predicted octanol–water partition coefficient (Wildman–Crippen LogP) is -0.516. The fourth-order valence-corrected chi connectivity index (χ4v) is 0.531. The lowest BCUT2D eigenvalue weighted by atomic mass is 10.3. The first-order valence-electron chi connectivity index (χ1n) is 4.09. The second-order valence-electron chi connectivity index (χ2n) is 2.45. The molecular weight excluding hydrogens is 174 g/mol. The van der Waals surface area contributed by atoms with Crippen LogP contribution in [0.4, 0.5) is 0 Å². The zero-order chi connectivity index (χ0) is 10.1. The van der Waals surface area contributed by atoms with Gasteiger partial charge < -0.3 is 15.2 Å². The van der Waals surface area contributed by atoms with E-state index in [0.29, 0.717) is 6.42 Å². The smallest absolute Gasteiger partial charge is 0.172 e. The van der Waals surface area contributed by atoms with E-state index >= 15 is 0 Å². The molecule has 0 aromatic rings. The van der Waals surface area contributed by atoms with Crippen LogP contribution in [-0.4, -0.2) is 38.1 Å². The van der Waals surface area contributed by atoms with Gasteiger partial charge in [-0.15, -0.1) is 0 Å². The minimum absolute atomic E-state index is 0.00810. The molecule has 0 atom stereocenters. The molecule has 0 bridgehead atoms. The standard InChI is InChI=1S/C8H15NO4/c1-2-7(10)4-12-6-13-5-8(11)3-9/h2-6,9H2,1H3. The summed E-state index contributed by atoms with van der Waals surface area (Å²) >= 11 is 0. The maximum absolute atomic E-state index is 10.7. The van der Waals surface area contributed by atoms with Crippen molar-refractivity contribution in [3.63, 3.8) is 0 Å². The van der Waals surface area contributed by atoms with Crippen LogP contribution in [0.25, 0.3) is 0 Å².